The molecule has 0 aliphatic carbocycles. The molecule has 3 amide bonds. The Morgan fingerprint density at radius 1 is 0.466 bits per heavy atom. The van der Waals surface area contributed by atoms with Gasteiger partial charge in [-0.05, 0) is 81.9 Å². The third-order valence-corrected chi connectivity index (χ3v) is 16.1. The summed E-state index contributed by atoms with van der Waals surface area (Å²) in [6.07, 6.45) is 12.9. The lowest BCUT2D eigenvalue weighted by molar-refractivity contribution is -0.142. The lowest BCUT2D eigenvalue weighted by Gasteiger charge is -2.37. The van der Waals surface area contributed by atoms with E-state index in [9.17, 15) is 73.8 Å². The summed E-state index contributed by atoms with van der Waals surface area (Å²) in [5.74, 6) is -6.33. The second-order valence-electron chi connectivity index (χ2n) is 23.2. The zero-order valence-corrected chi connectivity index (χ0v) is 50.7. The Morgan fingerprint density at radius 3 is 1.51 bits per heavy atom. The van der Waals surface area contributed by atoms with Crippen LogP contribution in [-0.2, 0) is 51.2 Å². The largest absolute Gasteiger partial charge is 0.481 e. The van der Waals surface area contributed by atoms with E-state index in [0.29, 0.717) is 56.4 Å². The molecule has 3 aliphatic heterocycles. The van der Waals surface area contributed by atoms with Crippen molar-refractivity contribution >= 4 is 65.6 Å². The molecular formula is C59H93N13O16. The number of nitrogens with zero attached hydrogens (tertiary/aromatic N) is 10. The van der Waals surface area contributed by atoms with E-state index in [4.69, 9.17) is 20.1 Å². The van der Waals surface area contributed by atoms with Crippen LogP contribution in [-0.4, -0.2) is 271 Å². The monoisotopic (exact) mass is 1240 g/mol. The number of piperazine rings is 1. The van der Waals surface area contributed by atoms with Crippen molar-refractivity contribution in [3.8, 4) is 0 Å². The molecule has 88 heavy (non-hydrogen) atoms. The van der Waals surface area contributed by atoms with E-state index >= 15 is 0 Å². The van der Waals surface area contributed by atoms with Crippen molar-refractivity contribution in [1.82, 2.24) is 55.4 Å². The molecule has 3 atom stereocenters. The van der Waals surface area contributed by atoms with Gasteiger partial charge in [-0.2, -0.15) is 15.0 Å². The summed E-state index contributed by atoms with van der Waals surface area (Å²) in [5, 5.41) is 73.9. The maximum Gasteiger partial charge on any atom is 0.326 e. The van der Waals surface area contributed by atoms with Crippen molar-refractivity contribution in [2.45, 2.75) is 140 Å². The number of unbranched alkanes of at least 4 members (excludes halogenated alkanes) is 8. The van der Waals surface area contributed by atoms with Gasteiger partial charge in [-0.1, -0.05) is 62.8 Å². The van der Waals surface area contributed by atoms with Crippen molar-refractivity contribution in [3.63, 3.8) is 0 Å². The summed E-state index contributed by atoms with van der Waals surface area (Å²) in [4.78, 5) is 135. The van der Waals surface area contributed by atoms with E-state index < -0.39 is 72.4 Å². The van der Waals surface area contributed by atoms with Gasteiger partial charge in [0.1, 0.15) is 17.9 Å². The van der Waals surface area contributed by atoms with Gasteiger partial charge in [-0.25, -0.2) is 14.4 Å². The SMILES string of the molecule is O=C(O)CC[C@H](NC(=O)N[C@@H](CCCCNC(=O)CCCCCCCCCCN1CCN(c2nc(Cc3ccc(CC4CN(CC(=O)O)CCN(CC(=O)O)CCN(CC(=O)O)CCN4CC(=O)O)cc3)nc(N3CCCCC3)n2)CC1)C(=O)O)C(=O)O. The Labute approximate surface area is 513 Å². The smallest absolute Gasteiger partial charge is 0.326 e. The lowest BCUT2D eigenvalue weighted by Crippen LogP contribution is -2.53. The quantitative estimate of drug-likeness (QED) is 0.0432. The third kappa shape index (κ3) is 28.2. The number of nitrogens with one attached hydrogen (secondary N) is 3. The normalized spacial score (nSPS) is 17.8. The van der Waals surface area contributed by atoms with Crippen LogP contribution in [0.4, 0.5) is 16.7 Å². The molecule has 3 fully saturated rings. The Hall–Kier alpha value is -7.34. The maximum atomic E-state index is 12.4. The third-order valence-electron chi connectivity index (χ3n) is 16.1. The van der Waals surface area contributed by atoms with E-state index in [-0.39, 0.29) is 90.7 Å². The minimum absolute atomic E-state index is 0.0524. The number of aromatic nitrogens is 3. The van der Waals surface area contributed by atoms with Crippen LogP contribution >= 0.6 is 0 Å². The molecule has 0 bridgehead atoms. The van der Waals surface area contributed by atoms with E-state index in [1.54, 1.807) is 19.6 Å². The summed E-state index contributed by atoms with van der Waals surface area (Å²) < 4.78 is 0. The molecule has 0 radical (unpaired) electrons. The fourth-order valence-corrected chi connectivity index (χ4v) is 11.2. The number of carboxylic acids is 7. The van der Waals surface area contributed by atoms with Crippen molar-refractivity contribution in [1.29, 1.82) is 0 Å². The summed E-state index contributed by atoms with van der Waals surface area (Å²) >= 11 is 0. The second-order valence-corrected chi connectivity index (χ2v) is 23.2. The number of rotatable bonds is 37. The number of hydrogen-bond donors (Lipinski definition) is 10. The second kappa shape index (κ2) is 38.8. The molecule has 4 heterocycles. The highest BCUT2D eigenvalue weighted by atomic mass is 16.4. The first-order chi connectivity index (χ1) is 42.2. The van der Waals surface area contributed by atoms with Gasteiger partial charge in [0.2, 0.25) is 17.8 Å². The van der Waals surface area contributed by atoms with E-state index in [0.717, 1.165) is 128 Å². The number of aliphatic carboxylic acids is 7. The van der Waals surface area contributed by atoms with Gasteiger partial charge in [0.15, 0.2) is 0 Å². The average molecular weight is 1240 g/mol. The van der Waals surface area contributed by atoms with Gasteiger partial charge in [0.25, 0.3) is 0 Å². The molecule has 3 aliphatic rings. The number of carbonyl (C=O) groups excluding carboxylic acids is 2. The summed E-state index contributed by atoms with van der Waals surface area (Å²) in [6.45, 7) is 6.57. The number of carboxylic acid groups (broad SMARTS) is 7. The molecule has 0 saturated carbocycles. The lowest BCUT2D eigenvalue weighted by atomic mass is 10.0. The highest BCUT2D eigenvalue weighted by molar-refractivity contribution is 5.86. The van der Waals surface area contributed by atoms with Crippen LogP contribution in [0.3, 0.4) is 0 Å². The van der Waals surface area contributed by atoms with Crippen molar-refractivity contribution in [2.75, 3.05) is 134 Å². The molecular weight excluding hydrogens is 1150 g/mol. The van der Waals surface area contributed by atoms with Gasteiger partial charge in [-0.15, -0.1) is 0 Å². The first-order valence-electron chi connectivity index (χ1n) is 31.0. The van der Waals surface area contributed by atoms with Gasteiger partial charge in [0, 0.05) is 117 Å². The molecule has 1 unspecified atom stereocenters. The molecule has 490 valence electrons. The molecule has 1 aromatic heterocycles. The zero-order valence-electron chi connectivity index (χ0n) is 50.7. The van der Waals surface area contributed by atoms with Crippen LogP contribution in [0.15, 0.2) is 24.3 Å². The maximum absolute atomic E-state index is 12.4. The average Bonchev–Trinajstić information content (AvgIpc) is 3.42. The van der Waals surface area contributed by atoms with Crippen LogP contribution in [0, 0.1) is 0 Å². The molecule has 2 aromatic rings. The fourth-order valence-electron chi connectivity index (χ4n) is 11.2. The number of anilines is 2. The predicted octanol–water partition coefficient (Wildman–Crippen LogP) is 1.91. The van der Waals surface area contributed by atoms with Gasteiger partial charge in [-0.3, -0.25) is 53.3 Å². The standard InChI is InChI=1S/C59H93N13O16/c73-49(60-22-10-9-14-46(55(84)85)61-59(88)62-47(56(86)87)20-21-50(74)75)15-8-5-3-1-2-4-6-11-23-66-30-33-71(34-31-66)58-64-48(63-57(65-58)70-24-12-7-13-25-70)37-44-18-16-43(17-19-44)36-45-38-69(41-53(80)81)29-28-67(39-51(76)77)26-27-68(40-52(78)79)32-35-72(45)42-54(82)83/h16-19,45-47H,1-15,20-42H2,(H,60,73)(H,74,75)(H,76,77)(H,78,79)(H,80,81)(H,82,83)(H,84,85)(H,86,87)(H2,61,62,88)/t45?,46-,47-/m0/s1. The van der Waals surface area contributed by atoms with Crippen LogP contribution in [0.25, 0.3) is 0 Å². The van der Waals surface area contributed by atoms with Crippen LogP contribution in [0.2, 0.25) is 0 Å². The highest BCUT2D eigenvalue weighted by Crippen LogP contribution is 2.23. The van der Waals surface area contributed by atoms with E-state index in [1.165, 1.54) is 0 Å². The number of carbonyl (C=O) groups is 9. The van der Waals surface area contributed by atoms with E-state index in [2.05, 4.69) is 30.7 Å². The molecule has 3 saturated heterocycles. The van der Waals surface area contributed by atoms with Crippen molar-refractivity contribution in [3.05, 3.63) is 41.2 Å². The van der Waals surface area contributed by atoms with Crippen LogP contribution in [0.1, 0.15) is 126 Å². The topological polar surface area (TPSA) is 393 Å². The molecule has 1 aromatic carbocycles. The minimum atomic E-state index is -1.49. The summed E-state index contributed by atoms with van der Waals surface area (Å²) in [6, 6.07) is 3.66. The van der Waals surface area contributed by atoms with Crippen LogP contribution < -0.4 is 25.8 Å². The molecule has 29 nitrogen and oxygen atoms in total. The number of benzene rings is 1. The van der Waals surface area contributed by atoms with Gasteiger partial charge < -0.3 is 61.5 Å². The Bertz CT molecular complexity index is 2550. The van der Waals surface area contributed by atoms with Crippen molar-refractivity contribution in [2.24, 2.45) is 0 Å². The molecule has 10 N–H and O–H groups in total. The molecule has 0 spiro atoms. The Morgan fingerprint density at radius 2 is 0.955 bits per heavy atom. The first-order valence-corrected chi connectivity index (χ1v) is 31.0. The van der Waals surface area contributed by atoms with E-state index in [1.807, 2.05) is 24.3 Å². The van der Waals surface area contributed by atoms with Gasteiger partial charge in [0.05, 0.1) is 26.2 Å². The Balaban J connectivity index is 1.04. The molecule has 5 rings (SSSR count). The number of hydrogen-bond acceptors (Lipinski definition) is 19. The number of piperidine rings is 1. The minimum Gasteiger partial charge on any atom is -0.481 e. The fraction of sp³-hybridized carbons (Fsp3) is 0.695. The Kier molecular flexibility index (Phi) is 31.5. The predicted molar refractivity (Wildman–Crippen MR) is 323 cm³/mol. The first kappa shape index (κ1) is 71.4. The summed E-state index contributed by atoms with van der Waals surface area (Å²) in [5.41, 5.74) is 1.85. The number of amides is 3. The van der Waals surface area contributed by atoms with Crippen LogP contribution in [0.5, 0.6) is 0 Å². The number of urea groups is 1. The highest BCUT2D eigenvalue weighted by Gasteiger charge is 2.30. The zero-order chi connectivity index (χ0) is 63.8. The van der Waals surface area contributed by atoms with Crippen molar-refractivity contribution < 1.29 is 78.9 Å². The summed E-state index contributed by atoms with van der Waals surface area (Å²) in [7, 11) is 0. The van der Waals surface area contributed by atoms with Gasteiger partial charge >= 0.3 is 47.8 Å². The molecule has 29 heteroatoms.